The SMILES string of the molecule is CC(NCCOC1CCCC1)c1ccc(Br)cc1F. The molecule has 1 saturated carbocycles. The zero-order valence-corrected chi connectivity index (χ0v) is 12.9. The van der Waals surface area contributed by atoms with Crippen LogP contribution in [0.4, 0.5) is 4.39 Å². The number of halogens is 2. The summed E-state index contributed by atoms with van der Waals surface area (Å²) in [4.78, 5) is 0. The standard InChI is InChI=1S/C15H21BrFNO/c1-11(14-7-6-12(16)10-15(14)17)18-8-9-19-13-4-2-3-5-13/h6-7,10-11,13,18H,2-5,8-9H2,1H3. The molecule has 1 unspecified atom stereocenters. The van der Waals surface area contributed by atoms with Crippen molar-refractivity contribution in [1.29, 1.82) is 0 Å². The number of benzene rings is 1. The topological polar surface area (TPSA) is 21.3 Å². The molecule has 0 saturated heterocycles. The summed E-state index contributed by atoms with van der Waals surface area (Å²) in [6.07, 6.45) is 5.41. The molecule has 1 fully saturated rings. The van der Waals surface area contributed by atoms with Crippen molar-refractivity contribution in [3.63, 3.8) is 0 Å². The Morgan fingerprint density at radius 3 is 2.84 bits per heavy atom. The molecular weight excluding hydrogens is 309 g/mol. The van der Waals surface area contributed by atoms with E-state index < -0.39 is 0 Å². The van der Waals surface area contributed by atoms with E-state index in [1.54, 1.807) is 0 Å². The van der Waals surface area contributed by atoms with E-state index in [4.69, 9.17) is 4.74 Å². The smallest absolute Gasteiger partial charge is 0.129 e. The fourth-order valence-corrected chi connectivity index (χ4v) is 2.85. The summed E-state index contributed by atoms with van der Waals surface area (Å²) in [7, 11) is 0. The lowest BCUT2D eigenvalue weighted by Crippen LogP contribution is -2.25. The molecule has 2 nitrogen and oxygen atoms in total. The van der Waals surface area contributed by atoms with Gasteiger partial charge in [-0.1, -0.05) is 34.8 Å². The summed E-state index contributed by atoms with van der Waals surface area (Å²) in [5.74, 6) is -0.175. The second-order valence-electron chi connectivity index (χ2n) is 5.12. The Kier molecular flexibility index (Phi) is 5.79. The lowest BCUT2D eigenvalue weighted by molar-refractivity contribution is 0.0593. The summed E-state index contributed by atoms with van der Waals surface area (Å²) >= 11 is 3.27. The van der Waals surface area contributed by atoms with E-state index in [-0.39, 0.29) is 11.9 Å². The van der Waals surface area contributed by atoms with Gasteiger partial charge in [0.1, 0.15) is 5.82 Å². The van der Waals surface area contributed by atoms with Crippen LogP contribution in [0.15, 0.2) is 22.7 Å². The summed E-state index contributed by atoms with van der Waals surface area (Å²) in [5, 5.41) is 3.30. The van der Waals surface area contributed by atoms with Gasteiger partial charge in [-0.05, 0) is 31.9 Å². The number of rotatable bonds is 6. The molecular formula is C15H21BrFNO. The minimum absolute atomic E-state index is 0.000257. The fraction of sp³-hybridized carbons (Fsp3) is 0.600. The van der Waals surface area contributed by atoms with Gasteiger partial charge in [-0.15, -0.1) is 0 Å². The third-order valence-electron chi connectivity index (χ3n) is 3.64. The Morgan fingerprint density at radius 2 is 2.16 bits per heavy atom. The second kappa shape index (κ2) is 7.36. The van der Waals surface area contributed by atoms with E-state index >= 15 is 0 Å². The van der Waals surface area contributed by atoms with Gasteiger partial charge in [0.05, 0.1) is 12.7 Å². The van der Waals surface area contributed by atoms with Crippen molar-refractivity contribution >= 4 is 15.9 Å². The molecule has 1 atom stereocenters. The Labute approximate surface area is 122 Å². The van der Waals surface area contributed by atoms with Crippen molar-refractivity contribution in [2.24, 2.45) is 0 Å². The van der Waals surface area contributed by atoms with Crippen molar-refractivity contribution in [3.05, 3.63) is 34.1 Å². The average molecular weight is 330 g/mol. The normalized spacial score (nSPS) is 17.8. The molecule has 0 amide bonds. The van der Waals surface area contributed by atoms with Gasteiger partial charge < -0.3 is 10.1 Å². The third-order valence-corrected chi connectivity index (χ3v) is 4.13. The van der Waals surface area contributed by atoms with E-state index in [9.17, 15) is 4.39 Å². The van der Waals surface area contributed by atoms with Crippen LogP contribution in [0.1, 0.15) is 44.2 Å². The van der Waals surface area contributed by atoms with Crippen LogP contribution in [0.5, 0.6) is 0 Å². The zero-order valence-electron chi connectivity index (χ0n) is 11.3. The van der Waals surface area contributed by atoms with Crippen molar-refractivity contribution in [3.8, 4) is 0 Å². The van der Waals surface area contributed by atoms with Crippen LogP contribution in [-0.2, 0) is 4.74 Å². The largest absolute Gasteiger partial charge is 0.377 e. The molecule has 1 aliphatic carbocycles. The summed E-state index contributed by atoms with van der Waals surface area (Å²) in [6.45, 7) is 3.43. The minimum atomic E-state index is -0.175. The van der Waals surface area contributed by atoms with Gasteiger partial charge in [0, 0.05) is 22.6 Å². The molecule has 0 aromatic heterocycles. The van der Waals surface area contributed by atoms with Gasteiger partial charge in [-0.25, -0.2) is 4.39 Å². The maximum atomic E-state index is 13.8. The van der Waals surface area contributed by atoms with Crippen LogP contribution in [0.2, 0.25) is 0 Å². The van der Waals surface area contributed by atoms with E-state index in [2.05, 4.69) is 21.2 Å². The number of hydrogen-bond donors (Lipinski definition) is 1. The van der Waals surface area contributed by atoms with Crippen LogP contribution in [0, 0.1) is 5.82 Å². The molecule has 1 aromatic rings. The monoisotopic (exact) mass is 329 g/mol. The first kappa shape index (κ1) is 14.9. The molecule has 2 rings (SSSR count). The predicted molar refractivity (Wildman–Crippen MR) is 78.7 cm³/mol. The molecule has 0 bridgehead atoms. The summed E-state index contributed by atoms with van der Waals surface area (Å²) in [5.41, 5.74) is 0.698. The molecule has 0 aliphatic heterocycles. The van der Waals surface area contributed by atoms with Crippen LogP contribution in [0.25, 0.3) is 0 Å². The van der Waals surface area contributed by atoms with Crippen molar-refractivity contribution in [2.75, 3.05) is 13.2 Å². The number of ether oxygens (including phenoxy) is 1. The molecule has 0 heterocycles. The van der Waals surface area contributed by atoms with Gasteiger partial charge in [-0.3, -0.25) is 0 Å². The van der Waals surface area contributed by atoms with Crippen LogP contribution in [0.3, 0.4) is 0 Å². The average Bonchev–Trinajstić information content (AvgIpc) is 2.87. The highest BCUT2D eigenvalue weighted by atomic mass is 79.9. The van der Waals surface area contributed by atoms with Gasteiger partial charge in [0.15, 0.2) is 0 Å². The number of hydrogen-bond acceptors (Lipinski definition) is 2. The summed E-state index contributed by atoms with van der Waals surface area (Å²) in [6, 6.07) is 5.18. The molecule has 1 aliphatic rings. The lowest BCUT2D eigenvalue weighted by atomic mass is 10.1. The highest BCUT2D eigenvalue weighted by Crippen LogP contribution is 2.22. The zero-order chi connectivity index (χ0) is 13.7. The molecule has 19 heavy (non-hydrogen) atoms. The van der Waals surface area contributed by atoms with Crippen LogP contribution >= 0.6 is 15.9 Å². The molecule has 106 valence electrons. The highest BCUT2D eigenvalue weighted by Gasteiger charge is 2.15. The first-order valence-corrected chi connectivity index (χ1v) is 7.76. The minimum Gasteiger partial charge on any atom is -0.377 e. The maximum absolute atomic E-state index is 13.8. The van der Waals surface area contributed by atoms with Gasteiger partial charge >= 0.3 is 0 Å². The van der Waals surface area contributed by atoms with Gasteiger partial charge in [-0.2, -0.15) is 0 Å². The molecule has 1 aromatic carbocycles. The first-order chi connectivity index (χ1) is 9.16. The Balaban J connectivity index is 1.72. The maximum Gasteiger partial charge on any atom is 0.129 e. The van der Waals surface area contributed by atoms with E-state index in [0.29, 0.717) is 18.3 Å². The molecule has 0 radical (unpaired) electrons. The van der Waals surface area contributed by atoms with E-state index in [1.807, 2.05) is 19.1 Å². The Hall–Kier alpha value is -0.450. The number of nitrogens with one attached hydrogen (secondary N) is 1. The molecule has 4 heteroatoms. The van der Waals surface area contributed by atoms with Crippen molar-refractivity contribution in [1.82, 2.24) is 5.32 Å². The predicted octanol–water partition coefficient (Wildman–Crippen LogP) is 4.20. The van der Waals surface area contributed by atoms with Crippen LogP contribution < -0.4 is 5.32 Å². The lowest BCUT2D eigenvalue weighted by Gasteiger charge is -2.16. The Morgan fingerprint density at radius 1 is 1.42 bits per heavy atom. The molecule has 1 N–H and O–H groups in total. The van der Waals surface area contributed by atoms with Gasteiger partial charge in [0.2, 0.25) is 0 Å². The van der Waals surface area contributed by atoms with Crippen molar-refractivity contribution in [2.45, 2.75) is 44.8 Å². The highest BCUT2D eigenvalue weighted by molar-refractivity contribution is 9.10. The fourth-order valence-electron chi connectivity index (χ4n) is 2.52. The molecule has 0 spiro atoms. The second-order valence-corrected chi connectivity index (χ2v) is 6.03. The van der Waals surface area contributed by atoms with E-state index in [1.165, 1.54) is 31.7 Å². The van der Waals surface area contributed by atoms with Gasteiger partial charge in [0.25, 0.3) is 0 Å². The van der Waals surface area contributed by atoms with E-state index in [0.717, 1.165) is 11.0 Å². The Bertz CT molecular complexity index is 407. The summed E-state index contributed by atoms with van der Waals surface area (Å²) < 4.78 is 20.3. The third kappa shape index (κ3) is 4.55. The quantitative estimate of drug-likeness (QED) is 0.790. The van der Waals surface area contributed by atoms with Crippen LogP contribution in [-0.4, -0.2) is 19.3 Å². The van der Waals surface area contributed by atoms with Crippen molar-refractivity contribution < 1.29 is 9.13 Å². The first-order valence-electron chi connectivity index (χ1n) is 6.97.